The van der Waals surface area contributed by atoms with Crippen molar-refractivity contribution in [1.82, 2.24) is 9.97 Å². The number of hydrogen-bond donors (Lipinski definition) is 2. The van der Waals surface area contributed by atoms with Crippen molar-refractivity contribution in [3.8, 4) is 0 Å². The van der Waals surface area contributed by atoms with E-state index in [0.29, 0.717) is 50.9 Å². The van der Waals surface area contributed by atoms with E-state index in [0.717, 1.165) is 12.8 Å². The first-order valence-electron chi connectivity index (χ1n) is 9.86. The smallest absolute Gasteiger partial charge is 0.388 e. The summed E-state index contributed by atoms with van der Waals surface area (Å²) >= 11 is 0. The molecule has 2 N–H and O–H groups in total. The molecule has 4 rings (SSSR count). The Morgan fingerprint density at radius 3 is 2.46 bits per heavy atom. The van der Waals surface area contributed by atoms with E-state index in [4.69, 9.17) is 4.74 Å². The van der Waals surface area contributed by atoms with E-state index in [2.05, 4.69) is 9.97 Å². The van der Waals surface area contributed by atoms with Crippen molar-refractivity contribution in [2.24, 2.45) is 0 Å². The van der Waals surface area contributed by atoms with E-state index < -0.39 is 29.2 Å². The second-order valence-corrected chi connectivity index (χ2v) is 8.53. The highest BCUT2D eigenvalue weighted by Crippen LogP contribution is 2.41. The standard InChI is InChI=1S/C19H26F3N3O3/c1-17(27)11-18(28-10-14(17)26)6-8-25(9-7-18)16-23-13-5-3-2-4-12(13)15(24-16)19(20,21)22/h14,26-27H,2-11H2,1H3/t14-,17-/m0/s1. The molecule has 0 amide bonds. The first-order valence-corrected chi connectivity index (χ1v) is 9.86. The minimum absolute atomic E-state index is 0.0561. The maximum Gasteiger partial charge on any atom is 0.433 e. The third kappa shape index (κ3) is 3.59. The van der Waals surface area contributed by atoms with Gasteiger partial charge in [-0.3, -0.25) is 0 Å². The van der Waals surface area contributed by atoms with Gasteiger partial charge in [0, 0.05) is 30.8 Å². The SMILES string of the molecule is C[C@]1(O)CC2(CCN(c3nc4c(c(C(F)(F)F)n3)CCCC4)CC2)OC[C@@H]1O. The maximum absolute atomic E-state index is 13.6. The molecule has 1 aromatic rings. The molecule has 1 spiro atoms. The number of aryl methyl sites for hydroxylation is 1. The van der Waals surface area contributed by atoms with E-state index in [1.165, 1.54) is 0 Å². The minimum Gasteiger partial charge on any atom is -0.388 e. The van der Waals surface area contributed by atoms with Crippen LogP contribution in [0.25, 0.3) is 0 Å². The summed E-state index contributed by atoms with van der Waals surface area (Å²) in [5.74, 6) is 0.130. The molecule has 2 saturated heterocycles. The van der Waals surface area contributed by atoms with Gasteiger partial charge in [0.25, 0.3) is 0 Å². The molecule has 2 atom stereocenters. The van der Waals surface area contributed by atoms with Crippen molar-refractivity contribution in [1.29, 1.82) is 0 Å². The molecule has 156 valence electrons. The number of anilines is 1. The van der Waals surface area contributed by atoms with Gasteiger partial charge in [0.05, 0.1) is 17.8 Å². The van der Waals surface area contributed by atoms with Crippen LogP contribution in [0.15, 0.2) is 0 Å². The van der Waals surface area contributed by atoms with Gasteiger partial charge < -0.3 is 19.8 Å². The summed E-state index contributed by atoms with van der Waals surface area (Å²) in [4.78, 5) is 10.2. The van der Waals surface area contributed by atoms with Crippen LogP contribution < -0.4 is 4.90 Å². The average Bonchev–Trinajstić information content (AvgIpc) is 2.64. The van der Waals surface area contributed by atoms with E-state index in [1.807, 2.05) is 0 Å². The Hall–Kier alpha value is -1.45. The number of halogens is 3. The van der Waals surface area contributed by atoms with Gasteiger partial charge in [-0.15, -0.1) is 0 Å². The second kappa shape index (κ2) is 6.81. The summed E-state index contributed by atoms with van der Waals surface area (Å²) in [7, 11) is 0. The molecule has 1 aromatic heterocycles. The summed E-state index contributed by atoms with van der Waals surface area (Å²) < 4.78 is 46.5. The topological polar surface area (TPSA) is 78.7 Å². The van der Waals surface area contributed by atoms with Crippen LogP contribution >= 0.6 is 0 Å². The molecule has 6 nitrogen and oxygen atoms in total. The number of ether oxygens (including phenoxy) is 1. The number of aliphatic hydroxyl groups is 2. The fraction of sp³-hybridized carbons (Fsp3) is 0.789. The van der Waals surface area contributed by atoms with Crippen LogP contribution in [-0.2, 0) is 23.8 Å². The molecular formula is C19H26F3N3O3. The lowest BCUT2D eigenvalue weighted by Crippen LogP contribution is -2.59. The van der Waals surface area contributed by atoms with Crippen molar-refractivity contribution in [3.05, 3.63) is 17.0 Å². The van der Waals surface area contributed by atoms with E-state index in [-0.39, 0.29) is 18.1 Å². The molecule has 1 aliphatic carbocycles. The normalized spacial score (nSPS) is 30.4. The van der Waals surface area contributed by atoms with Gasteiger partial charge in [-0.1, -0.05) is 0 Å². The van der Waals surface area contributed by atoms with Crippen LogP contribution in [0.2, 0.25) is 0 Å². The lowest BCUT2D eigenvalue weighted by atomic mass is 9.77. The molecular weight excluding hydrogens is 375 g/mol. The number of rotatable bonds is 1. The summed E-state index contributed by atoms with van der Waals surface area (Å²) in [6.45, 7) is 2.54. The molecule has 0 saturated carbocycles. The first kappa shape index (κ1) is 19.8. The Bertz CT molecular complexity index is 746. The average molecular weight is 401 g/mol. The lowest BCUT2D eigenvalue weighted by molar-refractivity contribution is -0.216. The van der Waals surface area contributed by atoms with Crippen molar-refractivity contribution in [2.75, 3.05) is 24.6 Å². The molecule has 28 heavy (non-hydrogen) atoms. The van der Waals surface area contributed by atoms with E-state index >= 15 is 0 Å². The molecule has 2 fully saturated rings. The Labute approximate surface area is 161 Å². The fourth-order valence-electron chi connectivity index (χ4n) is 4.65. The second-order valence-electron chi connectivity index (χ2n) is 8.53. The Morgan fingerprint density at radius 1 is 1.14 bits per heavy atom. The van der Waals surface area contributed by atoms with Crippen LogP contribution in [0.1, 0.15) is 56.0 Å². The van der Waals surface area contributed by atoms with Gasteiger partial charge >= 0.3 is 6.18 Å². The number of alkyl halides is 3. The molecule has 3 aliphatic rings. The summed E-state index contributed by atoms with van der Waals surface area (Å²) in [5, 5.41) is 20.3. The van der Waals surface area contributed by atoms with Crippen LogP contribution in [0.3, 0.4) is 0 Å². The predicted octanol–water partition coefficient (Wildman–Crippen LogP) is 2.25. The zero-order valence-corrected chi connectivity index (χ0v) is 15.9. The van der Waals surface area contributed by atoms with Gasteiger partial charge in [0.15, 0.2) is 5.69 Å². The van der Waals surface area contributed by atoms with Crippen molar-refractivity contribution in [2.45, 2.75) is 75.4 Å². The molecule has 0 unspecified atom stereocenters. The molecule has 0 aromatic carbocycles. The molecule has 3 heterocycles. The molecule has 2 aliphatic heterocycles. The summed E-state index contributed by atoms with van der Waals surface area (Å²) in [5.41, 5.74) is -1.83. The zero-order valence-electron chi connectivity index (χ0n) is 15.9. The minimum atomic E-state index is -4.49. The Kier molecular flexibility index (Phi) is 4.83. The van der Waals surface area contributed by atoms with Crippen LogP contribution in [-0.4, -0.2) is 57.2 Å². The zero-order chi connectivity index (χ0) is 20.2. The largest absolute Gasteiger partial charge is 0.433 e. The Balaban J connectivity index is 1.55. The van der Waals surface area contributed by atoms with Crippen LogP contribution in [0.4, 0.5) is 19.1 Å². The predicted molar refractivity (Wildman–Crippen MR) is 95.1 cm³/mol. The van der Waals surface area contributed by atoms with Crippen molar-refractivity contribution < 1.29 is 28.1 Å². The monoisotopic (exact) mass is 401 g/mol. The van der Waals surface area contributed by atoms with Crippen LogP contribution in [0, 0.1) is 0 Å². The third-order valence-corrected chi connectivity index (χ3v) is 6.34. The highest BCUT2D eigenvalue weighted by molar-refractivity contribution is 5.40. The molecule has 0 radical (unpaired) electrons. The van der Waals surface area contributed by atoms with Gasteiger partial charge in [-0.25, -0.2) is 9.97 Å². The van der Waals surface area contributed by atoms with E-state index in [9.17, 15) is 23.4 Å². The van der Waals surface area contributed by atoms with Gasteiger partial charge in [0.1, 0.15) is 6.10 Å². The Morgan fingerprint density at radius 2 is 1.82 bits per heavy atom. The number of fused-ring (bicyclic) bond motifs is 1. The lowest BCUT2D eigenvalue weighted by Gasteiger charge is -2.49. The number of piperidine rings is 1. The van der Waals surface area contributed by atoms with Gasteiger partial charge in [-0.05, 0) is 45.4 Å². The summed E-state index contributed by atoms with van der Waals surface area (Å²) in [6.07, 6.45) is -1.55. The van der Waals surface area contributed by atoms with Crippen LogP contribution in [0.5, 0.6) is 0 Å². The third-order valence-electron chi connectivity index (χ3n) is 6.34. The highest BCUT2D eigenvalue weighted by Gasteiger charge is 2.49. The number of aromatic nitrogens is 2. The number of aliphatic hydroxyl groups excluding tert-OH is 1. The fourth-order valence-corrected chi connectivity index (χ4v) is 4.65. The van der Waals surface area contributed by atoms with Gasteiger partial charge in [-0.2, -0.15) is 13.2 Å². The van der Waals surface area contributed by atoms with Crippen molar-refractivity contribution in [3.63, 3.8) is 0 Å². The number of hydrogen-bond acceptors (Lipinski definition) is 6. The number of nitrogens with zero attached hydrogens (tertiary/aromatic N) is 3. The maximum atomic E-state index is 13.6. The quantitative estimate of drug-likeness (QED) is 0.752. The van der Waals surface area contributed by atoms with Gasteiger partial charge in [0.2, 0.25) is 5.95 Å². The van der Waals surface area contributed by atoms with Crippen molar-refractivity contribution >= 4 is 5.95 Å². The first-order chi connectivity index (χ1) is 13.1. The molecule has 0 bridgehead atoms. The van der Waals surface area contributed by atoms with E-state index in [1.54, 1.807) is 11.8 Å². The molecule has 9 heteroatoms. The summed E-state index contributed by atoms with van der Waals surface area (Å²) in [6, 6.07) is 0. The highest BCUT2D eigenvalue weighted by atomic mass is 19.4.